The predicted molar refractivity (Wildman–Crippen MR) is 91.4 cm³/mol. The number of sulfonamides is 1. The molecule has 0 saturated carbocycles. The van der Waals surface area contributed by atoms with Gasteiger partial charge in [-0.25, -0.2) is 13.6 Å². The van der Waals surface area contributed by atoms with Crippen molar-refractivity contribution in [1.29, 1.82) is 0 Å². The van der Waals surface area contributed by atoms with E-state index in [0.717, 1.165) is 5.52 Å². The molecule has 124 valence electrons. The highest BCUT2D eigenvalue weighted by Crippen LogP contribution is 2.22. The van der Waals surface area contributed by atoms with Crippen LogP contribution in [0.5, 0.6) is 0 Å². The number of nitrogens with two attached hydrogens (primary N) is 1. The Hall–Kier alpha value is -1.77. The average Bonchev–Trinajstić information content (AvgIpc) is 2.74. The monoisotopic (exact) mass is 353 g/mol. The number of hydrogen-bond donors (Lipinski definition) is 1. The van der Waals surface area contributed by atoms with Gasteiger partial charge in [-0.3, -0.25) is 4.79 Å². The molecule has 1 heterocycles. The van der Waals surface area contributed by atoms with Crippen molar-refractivity contribution >= 4 is 37.5 Å². The smallest absolute Gasteiger partial charge is 0.253 e. The van der Waals surface area contributed by atoms with Crippen molar-refractivity contribution < 1.29 is 13.2 Å². The summed E-state index contributed by atoms with van der Waals surface area (Å²) in [5, 5.41) is 5.17. The van der Waals surface area contributed by atoms with Gasteiger partial charge >= 0.3 is 0 Å². The Bertz CT molecular complexity index is 944. The molecule has 0 unspecified atom stereocenters. The van der Waals surface area contributed by atoms with Crippen molar-refractivity contribution in [3.05, 3.63) is 35.7 Å². The lowest BCUT2D eigenvalue weighted by Crippen LogP contribution is -2.23. The zero-order valence-corrected chi connectivity index (χ0v) is 14.9. The number of carbonyl (C=O) groups excluding carboxylic acids is 1. The van der Waals surface area contributed by atoms with Crippen LogP contribution in [0, 0.1) is 5.41 Å². The number of aromatic nitrogens is 1. The van der Waals surface area contributed by atoms with Gasteiger partial charge in [-0.05, 0) is 18.2 Å². The van der Waals surface area contributed by atoms with E-state index in [0.29, 0.717) is 16.0 Å². The predicted octanol–water partition coefficient (Wildman–Crippen LogP) is 2.01. The standard InChI is InChI=1S/C15H19N3O3S2/c1-5-8-18-11-7-6-10(23(16,20)21)9-12(11)22-14(18)17-13(19)15(2,3)4/h5-7,9H,1,8H2,2-4H3,(H2,16,20,21). The minimum Gasteiger partial charge on any atom is -0.313 e. The molecular formula is C15H19N3O3S2. The summed E-state index contributed by atoms with van der Waals surface area (Å²) in [4.78, 5) is 16.9. The molecule has 23 heavy (non-hydrogen) atoms. The quantitative estimate of drug-likeness (QED) is 0.855. The van der Waals surface area contributed by atoms with Gasteiger partial charge in [-0.2, -0.15) is 4.99 Å². The van der Waals surface area contributed by atoms with Crippen LogP contribution in [-0.2, 0) is 21.4 Å². The van der Waals surface area contributed by atoms with E-state index in [-0.39, 0.29) is 10.8 Å². The summed E-state index contributed by atoms with van der Waals surface area (Å²) in [5.74, 6) is -0.242. The highest BCUT2D eigenvalue weighted by atomic mass is 32.2. The summed E-state index contributed by atoms with van der Waals surface area (Å²) in [6, 6.07) is 4.60. The molecule has 0 saturated heterocycles. The van der Waals surface area contributed by atoms with Gasteiger partial charge in [0.1, 0.15) is 0 Å². The molecule has 2 N–H and O–H groups in total. The minimum atomic E-state index is -3.78. The Morgan fingerprint density at radius 1 is 1.43 bits per heavy atom. The maximum atomic E-state index is 12.2. The number of benzene rings is 1. The van der Waals surface area contributed by atoms with Crippen molar-refractivity contribution in [3.63, 3.8) is 0 Å². The third-order valence-corrected chi connectivity index (χ3v) is 5.09. The molecule has 0 aliphatic heterocycles. The van der Waals surface area contributed by atoms with Crippen molar-refractivity contribution in [1.82, 2.24) is 4.57 Å². The van der Waals surface area contributed by atoms with Gasteiger partial charge in [0.05, 0.1) is 15.1 Å². The molecule has 6 nitrogen and oxygen atoms in total. The fraction of sp³-hybridized carbons (Fsp3) is 0.333. The molecular weight excluding hydrogens is 334 g/mol. The Morgan fingerprint density at radius 3 is 2.61 bits per heavy atom. The first-order valence-electron chi connectivity index (χ1n) is 6.90. The number of fused-ring (bicyclic) bond motifs is 1. The maximum absolute atomic E-state index is 12.2. The highest BCUT2D eigenvalue weighted by molar-refractivity contribution is 7.89. The van der Waals surface area contributed by atoms with E-state index < -0.39 is 15.4 Å². The normalized spacial score (nSPS) is 13.5. The number of hydrogen-bond acceptors (Lipinski definition) is 4. The van der Waals surface area contributed by atoms with E-state index in [9.17, 15) is 13.2 Å². The van der Waals surface area contributed by atoms with Gasteiger partial charge in [-0.15, -0.1) is 6.58 Å². The van der Waals surface area contributed by atoms with Gasteiger partial charge in [-0.1, -0.05) is 38.2 Å². The van der Waals surface area contributed by atoms with Crippen molar-refractivity contribution in [2.45, 2.75) is 32.2 Å². The summed E-state index contributed by atoms with van der Waals surface area (Å²) in [6.45, 7) is 9.56. The molecule has 0 atom stereocenters. The number of amides is 1. The zero-order chi connectivity index (χ0) is 17.4. The van der Waals surface area contributed by atoms with E-state index in [1.54, 1.807) is 32.9 Å². The molecule has 0 aliphatic carbocycles. The van der Waals surface area contributed by atoms with Gasteiger partial charge in [0.2, 0.25) is 10.0 Å². The zero-order valence-electron chi connectivity index (χ0n) is 13.2. The molecule has 1 aromatic carbocycles. The third kappa shape index (κ3) is 3.77. The first kappa shape index (κ1) is 17.6. The fourth-order valence-electron chi connectivity index (χ4n) is 1.88. The van der Waals surface area contributed by atoms with Gasteiger partial charge in [0.25, 0.3) is 5.91 Å². The summed E-state index contributed by atoms with van der Waals surface area (Å²) in [6.07, 6.45) is 1.69. The average molecular weight is 353 g/mol. The summed E-state index contributed by atoms with van der Waals surface area (Å²) in [5.41, 5.74) is 0.191. The van der Waals surface area contributed by atoms with Crippen LogP contribution in [0.3, 0.4) is 0 Å². The van der Waals surface area contributed by atoms with Crippen LogP contribution in [0.25, 0.3) is 10.2 Å². The molecule has 1 aromatic heterocycles. The lowest BCUT2D eigenvalue weighted by Gasteiger charge is -2.11. The van der Waals surface area contributed by atoms with E-state index in [2.05, 4.69) is 11.6 Å². The minimum absolute atomic E-state index is 0.0331. The Balaban J connectivity index is 2.75. The van der Waals surface area contributed by atoms with Crippen LogP contribution in [0.4, 0.5) is 0 Å². The first-order valence-corrected chi connectivity index (χ1v) is 9.26. The molecule has 0 fully saturated rings. The number of thiazole rings is 1. The molecule has 2 rings (SSSR count). The van der Waals surface area contributed by atoms with Crippen LogP contribution in [0.15, 0.2) is 40.7 Å². The summed E-state index contributed by atoms with van der Waals surface area (Å²) < 4.78 is 25.5. The molecule has 1 amide bonds. The molecule has 0 aliphatic rings. The Morgan fingerprint density at radius 2 is 2.09 bits per heavy atom. The highest BCUT2D eigenvalue weighted by Gasteiger charge is 2.21. The number of rotatable bonds is 3. The van der Waals surface area contributed by atoms with Crippen molar-refractivity contribution in [2.24, 2.45) is 15.5 Å². The van der Waals surface area contributed by atoms with E-state index >= 15 is 0 Å². The van der Waals surface area contributed by atoms with E-state index in [4.69, 9.17) is 5.14 Å². The number of primary sulfonamides is 1. The second-order valence-corrected chi connectivity index (χ2v) is 8.70. The second kappa shape index (κ2) is 6.03. The van der Waals surface area contributed by atoms with Crippen molar-refractivity contribution in [3.8, 4) is 0 Å². The molecule has 8 heteroatoms. The summed E-state index contributed by atoms with van der Waals surface area (Å²) in [7, 11) is -3.78. The lowest BCUT2D eigenvalue weighted by atomic mass is 9.96. The van der Waals surface area contributed by atoms with Crippen LogP contribution in [0.1, 0.15) is 20.8 Å². The lowest BCUT2D eigenvalue weighted by molar-refractivity contribution is -0.125. The number of nitrogens with zero attached hydrogens (tertiary/aromatic N) is 2. The molecule has 0 spiro atoms. The first-order chi connectivity index (χ1) is 10.5. The van der Waals surface area contributed by atoms with Crippen LogP contribution < -0.4 is 9.94 Å². The van der Waals surface area contributed by atoms with Gasteiger partial charge in [0.15, 0.2) is 4.80 Å². The fourth-order valence-corrected chi connectivity index (χ4v) is 3.57. The number of allylic oxidation sites excluding steroid dienone is 1. The summed E-state index contributed by atoms with van der Waals surface area (Å²) >= 11 is 1.25. The van der Waals surface area contributed by atoms with Gasteiger partial charge < -0.3 is 4.57 Å². The SMILES string of the molecule is C=CCn1c(=NC(=O)C(C)(C)C)sc2cc(S(N)(=O)=O)ccc21. The number of carbonyl (C=O) groups is 1. The van der Waals surface area contributed by atoms with Crippen LogP contribution in [0.2, 0.25) is 0 Å². The molecule has 0 bridgehead atoms. The Labute approximate surface area is 139 Å². The van der Waals surface area contributed by atoms with E-state index in [1.165, 1.54) is 23.5 Å². The Kier molecular flexibility index (Phi) is 4.61. The third-order valence-electron chi connectivity index (χ3n) is 3.13. The maximum Gasteiger partial charge on any atom is 0.253 e. The van der Waals surface area contributed by atoms with Gasteiger partial charge in [0, 0.05) is 12.0 Å². The van der Waals surface area contributed by atoms with Crippen molar-refractivity contribution in [2.75, 3.05) is 0 Å². The van der Waals surface area contributed by atoms with E-state index in [1.807, 2.05) is 4.57 Å². The van der Waals surface area contributed by atoms with Crippen LogP contribution in [-0.4, -0.2) is 18.9 Å². The molecule has 2 aromatic rings. The largest absolute Gasteiger partial charge is 0.313 e. The van der Waals surface area contributed by atoms with Crippen LogP contribution >= 0.6 is 11.3 Å². The molecule has 0 radical (unpaired) electrons. The topological polar surface area (TPSA) is 94.5 Å². The second-order valence-electron chi connectivity index (χ2n) is 6.13.